The Morgan fingerprint density at radius 2 is 2.33 bits per heavy atom. The molecule has 0 radical (unpaired) electrons. The number of likely N-dealkylation sites (tertiary alicyclic amines) is 1. The van der Waals surface area contributed by atoms with E-state index in [-0.39, 0.29) is 0 Å². The summed E-state index contributed by atoms with van der Waals surface area (Å²) in [6.45, 7) is 3.49. The molecule has 3 nitrogen and oxygen atoms in total. The highest BCUT2D eigenvalue weighted by molar-refractivity contribution is 5.02. The van der Waals surface area contributed by atoms with E-state index in [2.05, 4.69) is 10.2 Å². The van der Waals surface area contributed by atoms with Crippen LogP contribution in [-0.4, -0.2) is 49.8 Å². The van der Waals surface area contributed by atoms with E-state index >= 15 is 0 Å². The van der Waals surface area contributed by atoms with Crippen LogP contribution in [0.3, 0.4) is 0 Å². The van der Waals surface area contributed by atoms with Crippen LogP contribution in [0.5, 0.6) is 0 Å². The molecule has 1 saturated carbocycles. The van der Waals surface area contributed by atoms with Crippen LogP contribution in [0.2, 0.25) is 0 Å². The highest BCUT2D eigenvalue weighted by atomic mass is 16.5. The molecule has 4 unspecified atom stereocenters. The third-order valence-electron chi connectivity index (χ3n) is 4.50. The first-order chi connectivity index (χ1) is 7.38. The van der Waals surface area contributed by atoms with Gasteiger partial charge in [0.05, 0.1) is 6.61 Å². The fourth-order valence-corrected chi connectivity index (χ4v) is 3.85. The SMILES string of the molecule is COCC1CCCN1C1CC2CNC1C2. The van der Waals surface area contributed by atoms with E-state index in [0.717, 1.165) is 24.6 Å². The Labute approximate surface area is 92.2 Å². The van der Waals surface area contributed by atoms with Gasteiger partial charge in [0, 0.05) is 25.2 Å². The minimum Gasteiger partial charge on any atom is -0.383 e. The molecule has 0 amide bonds. The van der Waals surface area contributed by atoms with Crippen LogP contribution >= 0.6 is 0 Å². The average molecular weight is 210 g/mol. The van der Waals surface area contributed by atoms with Gasteiger partial charge in [0.2, 0.25) is 0 Å². The van der Waals surface area contributed by atoms with Crippen molar-refractivity contribution in [3.05, 3.63) is 0 Å². The van der Waals surface area contributed by atoms with Crippen molar-refractivity contribution in [3.8, 4) is 0 Å². The van der Waals surface area contributed by atoms with Crippen molar-refractivity contribution in [1.29, 1.82) is 0 Å². The Kier molecular flexibility index (Phi) is 2.71. The molecular formula is C12H22N2O. The second kappa shape index (κ2) is 4.04. The first kappa shape index (κ1) is 10.1. The van der Waals surface area contributed by atoms with Crippen molar-refractivity contribution < 1.29 is 4.74 Å². The fourth-order valence-electron chi connectivity index (χ4n) is 3.85. The van der Waals surface area contributed by atoms with Gasteiger partial charge in [-0.25, -0.2) is 0 Å². The van der Waals surface area contributed by atoms with E-state index in [0.29, 0.717) is 6.04 Å². The van der Waals surface area contributed by atoms with Crippen molar-refractivity contribution in [2.75, 3.05) is 26.8 Å². The maximum atomic E-state index is 5.33. The average Bonchev–Trinajstić information content (AvgIpc) is 2.91. The fraction of sp³-hybridized carbons (Fsp3) is 1.00. The number of nitrogens with zero attached hydrogens (tertiary/aromatic N) is 1. The summed E-state index contributed by atoms with van der Waals surface area (Å²) in [5.41, 5.74) is 0. The molecule has 0 aromatic carbocycles. The van der Waals surface area contributed by atoms with Crippen LogP contribution in [-0.2, 0) is 4.74 Å². The van der Waals surface area contributed by atoms with Crippen molar-refractivity contribution in [2.24, 2.45) is 5.92 Å². The van der Waals surface area contributed by atoms with Gasteiger partial charge in [0.25, 0.3) is 0 Å². The van der Waals surface area contributed by atoms with Gasteiger partial charge in [0.15, 0.2) is 0 Å². The highest BCUT2D eigenvalue weighted by Crippen LogP contribution is 2.37. The zero-order valence-corrected chi connectivity index (χ0v) is 9.61. The first-order valence-corrected chi connectivity index (χ1v) is 6.36. The van der Waals surface area contributed by atoms with Gasteiger partial charge in [-0.1, -0.05) is 0 Å². The van der Waals surface area contributed by atoms with E-state index in [4.69, 9.17) is 4.74 Å². The summed E-state index contributed by atoms with van der Waals surface area (Å²) in [7, 11) is 1.83. The summed E-state index contributed by atoms with van der Waals surface area (Å²) in [6, 6.07) is 2.29. The summed E-state index contributed by atoms with van der Waals surface area (Å²) in [6.07, 6.45) is 5.54. The van der Waals surface area contributed by atoms with Crippen LogP contribution in [0, 0.1) is 5.92 Å². The molecule has 3 heteroatoms. The van der Waals surface area contributed by atoms with Crippen LogP contribution in [0.1, 0.15) is 25.7 Å². The Hall–Kier alpha value is -0.120. The molecular weight excluding hydrogens is 188 g/mol. The minimum absolute atomic E-state index is 0.696. The molecule has 3 rings (SSSR count). The summed E-state index contributed by atoms with van der Waals surface area (Å²) >= 11 is 0. The van der Waals surface area contributed by atoms with E-state index < -0.39 is 0 Å². The standard InChI is InChI=1S/C12H22N2O/c1-15-8-10-3-2-4-14(10)12-6-9-5-11(12)13-7-9/h9-13H,2-8H2,1H3. The lowest BCUT2D eigenvalue weighted by molar-refractivity contribution is 0.0763. The third kappa shape index (κ3) is 1.71. The molecule has 2 heterocycles. The maximum absolute atomic E-state index is 5.33. The number of hydrogen-bond donors (Lipinski definition) is 1. The largest absolute Gasteiger partial charge is 0.383 e. The molecule has 2 bridgehead atoms. The van der Waals surface area contributed by atoms with Crippen LogP contribution in [0.25, 0.3) is 0 Å². The molecule has 15 heavy (non-hydrogen) atoms. The van der Waals surface area contributed by atoms with Gasteiger partial charge in [-0.05, 0) is 44.7 Å². The Morgan fingerprint density at radius 1 is 1.40 bits per heavy atom. The summed E-state index contributed by atoms with van der Waals surface area (Å²) in [4.78, 5) is 2.72. The number of rotatable bonds is 3. The number of ether oxygens (including phenoxy) is 1. The molecule has 0 aromatic rings. The number of nitrogens with one attached hydrogen (secondary N) is 1. The quantitative estimate of drug-likeness (QED) is 0.747. The van der Waals surface area contributed by atoms with Gasteiger partial charge in [-0.3, -0.25) is 4.90 Å². The molecule has 1 N–H and O–H groups in total. The number of piperidine rings is 1. The summed E-state index contributed by atoms with van der Waals surface area (Å²) < 4.78 is 5.33. The summed E-state index contributed by atoms with van der Waals surface area (Å²) in [5.74, 6) is 0.962. The minimum atomic E-state index is 0.696. The van der Waals surface area contributed by atoms with E-state index in [1.54, 1.807) is 0 Å². The van der Waals surface area contributed by atoms with Crippen LogP contribution < -0.4 is 5.32 Å². The molecule has 0 aromatic heterocycles. The smallest absolute Gasteiger partial charge is 0.0618 e. The summed E-state index contributed by atoms with van der Waals surface area (Å²) in [5, 5.41) is 3.66. The Balaban J connectivity index is 1.66. The molecule has 3 fully saturated rings. The van der Waals surface area contributed by atoms with Crippen LogP contribution in [0.15, 0.2) is 0 Å². The van der Waals surface area contributed by atoms with Crippen molar-refractivity contribution >= 4 is 0 Å². The van der Waals surface area contributed by atoms with Gasteiger partial charge in [-0.15, -0.1) is 0 Å². The van der Waals surface area contributed by atoms with Gasteiger partial charge < -0.3 is 10.1 Å². The maximum Gasteiger partial charge on any atom is 0.0618 e. The highest BCUT2D eigenvalue weighted by Gasteiger charge is 2.44. The van der Waals surface area contributed by atoms with Crippen molar-refractivity contribution in [2.45, 2.75) is 43.8 Å². The van der Waals surface area contributed by atoms with Crippen molar-refractivity contribution in [3.63, 3.8) is 0 Å². The van der Waals surface area contributed by atoms with Gasteiger partial charge in [-0.2, -0.15) is 0 Å². The third-order valence-corrected chi connectivity index (χ3v) is 4.50. The molecule has 1 aliphatic carbocycles. The van der Waals surface area contributed by atoms with Gasteiger partial charge >= 0.3 is 0 Å². The van der Waals surface area contributed by atoms with E-state index in [1.165, 1.54) is 38.8 Å². The van der Waals surface area contributed by atoms with E-state index in [9.17, 15) is 0 Å². The Morgan fingerprint density at radius 3 is 3.00 bits per heavy atom. The normalized spacial score (nSPS) is 45.4. The Bertz CT molecular complexity index is 234. The number of methoxy groups -OCH3 is 1. The molecule has 3 aliphatic rings. The first-order valence-electron chi connectivity index (χ1n) is 6.36. The lowest BCUT2D eigenvalue weighted by atomic mass is 10.1. The van der Waals surface area contributed by atoms with E-state index in [1.807, 2.05) is 7.11 Å². The lowest BCUT2D eigenvalue weighted by Gasteiger charge is -2.35. The molecule has 86 valence electrons. The predicted octanol–water partition coefficient (Wildman–Crippen LogP) is 0.848. The number of fused-ring (bicyclic) bond motifs is 2. The zero-order chi connectivity index (χ0) is 10.3. The monoisotopic (exact) mass is 210 g/mol. The lowest BCUT2D eigenvalue weighted by Crippen LogP contribution is -2.50. The van der Waals surface area contributed by atoms with Crippen molar-refractivity contribution in [1.82, 2.24) is 10.2 Å². The predicted molar refractivity (Wildman–Crippen MR) is 59.9 cm³/mol. The van der Waals surface area contributed by atoms with Crippen LogP contribution in [0.4, 0.5) is 0 Å². The van der Waals surface area contributed by atoms with Gasteiger partial charge in [0.1, 0.15) is 0 Å². The second-order valence-electron chi connectivity index (χ2n) is 5.41. The molecule has 0 spiro atoms. The zero-order valence-electron chi connectivity index (χ0n) is 9.61. The number of hydrogen-bond acceptors (Lipinski definition) is 3. The topological polar surface area (TPSA) is 24.5 Å². The molecule has 4 atom stereocenters. The molecule has 2 aliphatic heterocycles. The second-order valence-corrected chi connectivity index (χ2v) is 5.41. The molecule has 2 saturated heterocycles.